The summed E-state index contributed by atoms with van der Waals surface area (Å²) in [5, 5.41) is 8.97. The Kier molecular flexibility index (Phi) is 5.31. The normalized spacial score (nSPS) is 17.3. The molecule has 1 saturated heterocycles. The molecule has 1 fully saturated rings. The maximum atomic E-state index is 13.5. The molecule has 0 aromatic heterocycles. The van der Waals surface area contributed by atoms with Crippen LogP contribution in [-0.2, 0) is 6.54 Å². The molecule has 1 aliphatic heterocycles. The van der Waals surface area contributed by atoms with E-state index in [4.69, 9.17) is 5.11 Å². The highest BCUT2D eigenvalue weighted by atomic mass is 19.1. The Hall–Kier alpha value is -1.46. The van der Waals surface area contributed by atoms with E-state index in [0.717, 1.165) is 25.7 Å². The van der Waals surface area contributed by atoms with Gasteiger partial charge >= 0.3 is 5.97 Å². The molecule has 0 saturated carbocycles. The number of carboxylic acids is 1. The number of carbonyl (C=O) groups is 1. The van der Waals surface area contributed by atoms with E-state index in [1.165, 1.54) is 18.9 Å². The minimum atomic E-state index is -1.09. The summed E-state index contributed by atoms with van der Waals surface area (Å²) >= 11 is 0. The van der Waals surface area contributed by atoms with Crippen molar-refractivity contribution < 1.29 is 14.3 Å². The Morgan fingerprint density at radius 2 is 2.05 bits per heavy atom. The molecule has 1 heterocycles. The molecule has 2 rings (SSSR count). The summed E-state index contributed by atoms with van der Waals surface area (Å²) in [6.45, 7) is 3.79. The van der Waals surface area contributed by atoms with Crippen molar-refractivity contribution >= 4 is 5.97 Å². The zero-order valence-electron chi connectivity index (χ0n) is 12.7. The van der Waals surface area contributed by atoms with Crippen molar-refractivity contribution in [1.82, 2.24) is 9.80 Å². The third kappa shape index (κ3) is 4.79. The number of likely N-dealkylation sites (tertiary alicyclic amines) is 1. The van der Waals surface area contributed by atoms with Gasteiger partial charge in [0, 0.05) is 13.1 Å². The quantitative estimate of drug-likeness (QED) is 0.905. The maximum Gasteiger partial charge on any atom is 0.335 e. The molecule has 1 aromatic rings. The zero-order chi connectivity index (χ0) is 15.4. The number of benzene rings is 1. The van der Waals surface area contributed by atoms with E-state index in [-0.39, 0.29) is 5.56 Å². The Morgan fingerprint density at radius 3 is 2.67 bits per heavy atom. The van der Waals surface area contributed by atoms with E-state index in [1.54, 1.807) is 6.07 Å². The second kappa shape index (κ2) is 7.00. The summed E-state index contributed by atoms with van der Waals surface area (Å²) in [5.41, 5.74) is 0.723. The second-order valence-electron chi connectivity index (χ2n) is 6.10. The van der Waals surface area contributed by atoms with Gasteiger partial charge in [0.2, 0.25) is 0 Å². The van der Waals surface area contributed by atoms with Crippen LogP contribution in [0.1, 0.15) is 28.8 Å². The number of carboxylic acid groups (broad SMARTS) is 1. The molecular formula is C16H23FN2O2. The SMILES string of the molecule is CN1CCC(CN(C)Cc2cc(F)cc(C(=O)O)c2)CC1. The molecule has 1 aromatic carbocycles. The van der Waals surface area contributed by atoms with Gasteiger partial charge in [-0.1, -0.05) is 0 Å². The number of nitrogens with zero attached hydrogens (tertiary/aromatic N) is 2. The lowest BCUT2D eigenvalue weighted by atomic mass is 9.96. The van der Waals surface area contributed by atoms with Crippen molar-refractivity contribution in [3.63, 3.8) is 0 Å². The lowest BCUT2D eigenvalue weighted by Gasteiger charge is -2.31. The first kappa shape index (κ1) is 15.9. The Labute approximate surface area is 125 Å². The van der Waals surface area contributed by atoms with Crippen molar-refractivity contribution in [3.05, 3.63) is 35.1 Å². The van der Waals surface area contributed by atoms with Gasteiger partial charge in [-0.05, 0) is 69.7 Å². The first-order valence-electron chi connectivity index (χ1n) is 7.34. The highest BCUT2D eigenvalue weighted by Gasteiger charge is 2.18. The molecule has 1 N–H and O–H groups in total. The lowest BCUT2D eigenvalue weighted by Crippen LogP contribution is -2.35. The average molecular weight is 294 g/mol. The van der Waals surface area contributed by atoms with Crippen molar-refractivity contribution in [1.29, 1.82) is 0 Å². The molecule has 0 bridgehead atoms. The molecule has 5 heteroatoms. The van der Waals surface area contributed by atoms with Gasteiger partial charge in [0.15, 0.2) is 0 Å². The van der Waals surface area contributed by atoms with Gasteiger partial charge in [-0.25, -0.2) is 9.18 Å². The topological polar surface area (TPSA) is 43.8 Å². The van der Waals surface area contributed by atoms with Crippen LogP contribution < -0.4 is 0 Å². The van der Waals surface area contributed by atoms with Gasteiger partial charge in [0.05, 0.1) is 5.56 Å². The standard InChI is InChI=1S/C16H23FN2O2/c1-18-5-3-12(4-6-18)10-19(2)11-13-7-14(16(20)21)9-15(17)8-13/h7-9,12H,3-6,10-11H2,1-2H3,(H,20,21). The fraction of sp³-hybridized carbons (Fsp3) is 0.562. The predicted molar refractivity (Wildman–Crippen MR) is 79.9 cm³/mol. The third-order valence-corrected chi connectivity index (χ3v) is 4.07. The summed E-state index contributed by atoms with van der Waals surface area (Å²) < 4.78 is 13.5. The zero-order valence-corrected chi connectivity index (χ0v) is 12.7. The summed E-state index contributed by atoms with van der Waals surface area (Å²) in [6, 6.07) is 4.02. The minimum absolute atomic E-state index is 0.0118. The van der Waals surface area contributed by atoms with Gasteiger partial charge in [-0.3, -0.25) is 0 Å². The number of hydrogen-bond donors (Lipinski definition) is 1. The Bertz CT molecular complexity index is 499. The van der Waals surface area contributed by atoms with Gasteiger partial charge in [0.1, 0.15) is 5.82 Å². The third-order valence-electron chi connectivity index (χ3n) is 4.07. The molecule has 116 valence electrons. The molecule has 0 radical (unpaired) electrons. The number of hydrogen-bond acceptors (Lipinski definition) is 3. The number of halogens is 1. The first-order valence-corrected chi connectivity index (χ1v) is 7.34. The molecule has 0 amide bonds. The second-order valence-corrected chi connectivity index (χ2v) is 6.10. The molecule has 21 heavy (non-hydrogen) atoms. The van der Waals surface area contributed by atoms with E-state index < -0.39 is 11.8 Å². The summed E-state index contributed by atoms with van der Waals surface area (Å²) in [5.74, 6) is -0.912. The van der Waals surface area contributed by atoms with Gasteiger partial charge < -0.3 is 14.9 Å². The summed E-state index contributed by atoms with van der Waals surface area (Å²) in [4.78, 5) is 15.4. The number of aromatic carboxylic acids is 1. The van der Waals surface area contributed by atoms with E-state index in [9.17, 15) is 9.18 Å². The number of rotatable bonds is 5. The van der Waals surface area contributed by atoms with Crippen LogP contribution in [0.2, 0.25) is 0 Å². The van der Waals surface area contributed by atoms with Crippen LogP contribution in [-0.4, -0.2) is 54.6 Å². The van der Waals surface area contributed by atoms with Crippen molar-refractivity contribution in [3.8, 4) is 0 Å². The Balaban J connectivity index is 1.93. The van der Waals surface area contributed by atoms with Crippen LogP contribution in [0.3, 0.4) is 0 Å². The van der Waals surface area contributed by atoms with E-state index in [0.29, 0.717) is 18.0 Å². The fourth-order valence-electron chi connectivity index (χ4n) is 2.93. The van der Waals surface area contributed by atoms with E-state index in [1.807, 2.05) is 7.05 Å². The van der Waals surface area contributed by atoms with Gasteiger partial charge in [-0.15, -0.1) is 0 Å². The monoisotopic (exact) mass is 294 g/mol. The minimum Gasteiger partial charge on any atom is -0.478 e. The van der Waals surface area contributed by atoms with Crippen molar-refractivity contribution in [2.24, 2.45) is 5.92 Å². The molecule has 0 unspecified atom stereocenters. The van der Waals surface area contributed by atoms with E-state index >= 15 is 0 Å². The smallest absolute Gasteiger partial charge is 0.335 e. The van der Waals surface area contributed by atoms with Crippen LogP contribution in [0, 0.1) is 11.7 Å². The van der Waals surface area contributed by atoms with Gasteiger partial charge in [-0.2, -0.15) is 0 Å². The van der Waals surface area contributed by atoms with Crippen LogP contribution in [0.15, 0.2) is 18.2 Å². The van der Waals surface area contributed by atoms with Crippen LogP contribution in [0.5, 0.6) is 0 Å². The first-order chi connectivity index (χ1) is 9.94. The highest BCUT2D eigenvalue weighted by Crippen LogP contribution is 2.18. The highest BCUT2D eigenvalue weighted by molar-refractivity contribution is 5.87. The predicted octanol–water partition coefficient (Wildman–Crippen LogP) is 2.30. The van der Waals surface area contributed by atoms with Crippen LogP contribution in [0.4, 0.5) is 4.39 Å². The largest absolute Gasteiger partial charge is 0.478 e. The summed E-state index contributed by atoms with van der Waals surface area (Å²) in [6.07, 6.45) is 2.37. The lowest BCUT2D eigenvalue weighted by molar-refractivity contribution is 0.0696. The number of piperidine rings is 1. The van der Waals surface area contributed by atoms with Gasteiger partial charge in [0.25, 0.3) is 0 Å². The van der Waals surface area contributed by atoms with Crippen LogP contribution in [0.25, 0.3) is 0 Å². The molecule has 4 nitrogen and oxygen atoms in total. The van der Waals surface area contributed by atoms with E-state index in [2.05, 4.69) is 16.8 Å². The van der Waals surface area contributed by atoms with Crippen molar-refractivity contribution in [2.45, 2.75) is 19.4 Å². The average Bonchev–Trinajstić information content (AvgIpc) is 2.40. The molecule has 0 aliphatic carbocycles. The Morgan fingerprint density at radius 1 is 1.38 bits per heavy atom. The van der Waals surface area contributed by atoms with Crippen LogP contribution >= 0.6 is 0 Å². The molecule has 0 spiro atoms. The van der Waals surface area contributed by atoms with Crippen molar-refractivity contribution in [2.75, 3.05) is 33.7 Å². The summed E-state index contributed by atoms with van der Waals surface area (Å²) in [7, 11) is 4.14. The molecular weight excluding hydrogens is 271 g/mol. The molecule has 1 aliphatic rings. The fourth-order valence-corrected chi connectivity index (χ4v) is 2.93. The molecule has 0 atom stereocenters. The maximum absolute atomic E-state index is 13.5.